The number of benzene rings is 1. The smallest absolute Gasteiger partial charge is 0.340 e. The quantitative estimate of drug-likeness (QED) is 0.465. The molecule has 1 amide bonds. The van der Waals surface area contributed by atoms with Gasteiger partial charge in [-0.3, -0.25) is 14.2 Å². The van der Waals surface area contributed by atoms with Crippen LogP contribution in [0.25, 0.3) is 16.7 Å². The minimum atomic E-state index is -4.81. The molecule has 16 heteroatoms. The first-order chi connectivity index (χ1) is 17.8. The predicted octanol–water partition coefficient (Wildman–Crippen LogP) is 2.53. The molecule has 3 heterocycles. The minimum absolute atomic E-state index is 0.0244. The fourth-order valence-electron chi connectivity index (χ4n) is 4.26. The number of hydrogen-bond acceptors (Lipinski definition) is 5. The molecule has 1 saturated carbocycles. The van der Waals surface area contributed by atoms with Gasteiger partial charge in [0.1, 0.15) is 28.9 Å². The maximum absolute atomic E-state index is 14.8. The van der Waals surface area contributed by atoms with E-state index >= 15 is 0 Å². The summed E-state index contributed by atoms with van der Waals surface area (Å²) in [5.41, 5.74) is -3.52. The van der Waals surface area contributed by atoms with E-state index in [2.05, 4.69) is 9.71 Å². The molecule has 2 N–H and O–H groups in total. The van der Waals surface area contributed by atoms with Crippen LogP contribution in [-0.4, -0.2) is 49.2 Å². The molecular formula is C22H17F6N5O4S. The molecular weight excluding hydrogens is 544 g/mol. The Morgan fingerprint density at radius 3 is 2.34 bits per heavy atom. The third kappa shape index (κ3) is 4.57. The average Bonchev–Trinajstić information content (AvgIpc) is 3.58. The van der Waals surface area contributed by atoms with Crippen molar-refractivity contribution in [3.8, 4) is 5.69 Å². The van der Waals surface area contributed by atoms with Crippen molar-refractivity contribution in [3.63, 3.8) is 0 Å². The summed E-state index contributed by atoms with van der Waals surface area (Å²) in [4.78, 5) is 30.1. The molecule has 1 atom stereocenters. The molecule has 2 fully saturated rings. The Balaban J connectivity index is 1.72. The summed E-state index contributed by atoms with van der Waals surface area (Å²) in [5.74, 6) is -6.82. The van der Waals surface area contributed by atoms with Crippen LogP contribution >= 0.6 is 0 Å². The van der Waals surface area contributed by atoms with Crippen LogP contribution in [0.2, 0.25) is 0 Å². The summed E-state index contributed by atoms with van der Waals surface area (Å²) >= 11 is 0. The van der Waals surface area contributed by atoms with Crippen molar-refractivity contribution in [1.29, 1.82) is 0 Å². The van der Waals surface area contributed by atoms with Crippen molar-refractivity contribution < 1.29 is 39.6 Å². The zero-order valence-electron chi connectivity index (χ0n) is 19.0. The number of fused-ring (bicyclic) bond motifs is 1. The Bertz CT molecular complexity index is 1610. The van der Waals surface area contributed by atoms with Crippen molar-refractivity contribution in [2.45, 2.75) is 25.1 Å². The minimum Gasteiger partial charge on any atom is -0.340 e. The average molecular weight is 561 g/mol. The topological polar surface area (TPSA) is 113 Å². The van der Waals surface area contributed by atoms with Gasteiger partial charge in [-0.05, 0) is 30.9 Å². The van der Waals surface area contributed by atoms with Gasteiger partial charge in [0, 0.05) is 24.9 Å². The third-order valence-corrected chi connectivity index (χ3v) is 7.70. The Morgan fingerprint density at radius 2 is 1.79 bits per heavy atom. The molecule has 1 saturated heterocycles. The van der Waals surface area contributed by atoms with Gasteiger partial charge in [0.25, 0.3) is 5.91 Å². The summed E-state index contributed by atoms with van der Waals surface area (Å²) in [6.45, 7) is -0.0403. The number of hydrogen-bond donors (Lipinski definition) is 2. The molecule has 2 aromatic heterocycles. The highest BCUT2D eigenvalue weighted by atomic mass is 32.2. The van der Waals surface area contributed by atoms with Crippen LogP contribution in [0.15, 0.2) is 35.3 Å². The standard InChI is InChI=1S/C22H17F6N5O4S/c23-11-7-14(24)17(15(25)8-11)32-9-13(21(35)31-19(10-1-2-10)22(26,27)28)18(34)12-3-4-16(30-20(12)32)33-6-5-29-38(33,36)37/h3-4,7-10,19,29H,1-2,5-6H2,(H,31,35)/t19-/m0/s1. The molecule has 0 spiro atoms. The fraction of sp³-hybridized carbons (Fsp3) is 0.318. The van der Waals surface area contributed by atoms with E-state index in [1.54, 1.807) is 5.32 Å². The number of alkyl halides is 3. The monoisotopic (exact) mass is 561 g/mol. The molecule has 0 unspecified atom stereocenters. The first kappa shape index (κ1) is 26.0. The highest BCUT2D eigenvalue weighted by Crippen LogP contribution is 2.40. The molecule has 3 aromatic rings. The van der Waals surface area contributed by atoms with Gasteiger partial charge in [-0.1, -0.05) is 0 Å². The summed E-state index contributed by atoms with van der Waals surface area (Å²) in [6, 6.07) is 0.510. The van der Waals surface area contributed by atoms with E-state index in [4.69, 9.17) is 0 Å². The van der Waals surface area contributed by atoms with E-state index in [0.29, 0.717) is 22.9 Å². The van der Waals surface area contributed by atoms with E-state index in [0.717, 1.165) is 16.4 Å². The van der Waals surface area contributed by atoms with Gasteiger partial charge >= 0.3 is 16.4 Å². The molecule has 1 aliphatic heterocycles. The van der Waals surface area contributed by atoms with Crippen molar-refractivity contribution in [3.05, 3.63) is 63.7 Å². The van der Waals surface area contributed by atoms with Crippen LogP contribution < -0.4 is 19.8 Å². The maximum Gasteiger partial charge on any atom is 0.408 e. The number of nitrogens with zero attached hydrogens (tertiary/aromatic N) is 3. The number of aromatic nitrogens is 2. The van der Waals surface area contributed by atoms with Crippen LogP contribution in [0.3, 0.4) is 0 Å². The highest BCUT2D eigenvalue weighted by Gasteiger charge is 2.50. The number of halogens is 6. The maximum atomic E-state index is 14.8. The number of amides is 1. The normalized spacial score (nSPS) is 18.1. The predicted molar refractivity (Wildman–Crippen MR) is 122 cm³/mol. The van der Waals surface area contributed by atoms with Crippen LogP contribution in [0.1, 0.15) is 23.2 Å². The zero-order valence-corrected chi connectivity index (χ0v) is 19.8. The van der Waals surface area contributed by atoms with Gasteiger partial charge in [0.15, 0.2) is 17.3 Å². The summed E-state index contributed by atoms with van der Waals surface area (Å²) < 4.78 is 112. The molecule has 5 rings (SSSR count). The van der Waals surface area contributed by atoms with E-state index < -0.39 is 79.4 Å². The first-order valence-corrected chi connectivity index (χ1v) is 12.6. The second-order valence-corrected chi connectivity index (χ2v) is 10.5. The Kier molecular flexibility index (Phi) is 6.13. The molecule has 2 aliphatic rings. The summed E-state index contributed by atoms with van der Waals surface area (Å²) in [5, 5.41) is 1.33. The van der Waals surface area contributed by atoms with Gasteiger partial charge in [0.2, 0.25) is 5.43 Å². The highest BCUT2D eigenvalue weighted by molar-refractivity contribution is 7.91. The van der Waals surface area contributed by atoms with Crippen molar-refractivity contribution in [2.75, 3.05) is 17.4 Å². The largest absolute Gasteiger partial charge is 0.408 e. The Hall–Kier alpha value is -3.66. The SMILES string of the molecule is O=C(N[C@@H](C1CC1)C(F)(F)F)c1cn(-c2c(F)cc(F)cc2F)c2nc(N3CCNS3(=O)=O)ccc2c1=O. The van der Waals surface area contributed by atoms with Gasteiger partial charge in [-0.2, -0.15) is 26.3 Å². The van der Waals surface area contributed by atoms with E-state index in [1.807, 2.05) is 0 Å². The lowest BCUT2D eigenvalue weighted by molar-refractivity contribution is -0.158. The molecule has 202 valence electrons. The van der Waals surface area contributed by atoms with Gasteiger partial charge < -0.3 is 5.32 Å². The van der Waals surface area contributed by atoms with E-state index in [9.17, 15) is 44.3 Å². The molecule has 9 nitrogen and oxygen atoms in total. The lowest BCUT2D eigenvalue weighted by atomic mass is 10.1. The third-order valence-electron chi connectivity index (χ3n) is 6.18. The van der Waals surface area contributed by atoms with Crippen LogP contribution in [0.5, 0.6) is 0 Å². The Labute approximate surface area is 210 Å². The van der Waals surface area contributed by atoms with Gasteiger partial charge in [-0.25, -0.2) is 22.5 Å². The van der Waals surface area contributed by atoms with Crippen molar-refractivity contribution in [1.82, 2.24) is 19.6 Å². The molecule has 0 radical (unpaired) electrons. The second-order valence-electron chi connectivity index (χ2n) is 8.80. The fourth-order valence-corrected chi connectivity index (χ4v) is 5.44. The van der Waals surface area contributed by atoms with E-state index in [-0.39, 0.29) is 31.7 Å². The van der Waals surface area contributed by atoms with Crippen LogP contribution in [-0.2, 0) is 10.2 Å². The van der Waals surface area contributed by atoms with Gasteiger partial charge in [0.05, 0.1) is 11.9 Å². The first-order valence-electron chi connectivity index (χ1n) is 11.1. The second kappa shape index (κ2) is 8.97. The van der Waals surface area contributed by atoms with Crippen LogP contribution in [0.4, 0.5) is 32.2 Å². The lowest BCUT2D eigenvalue weighted by Crippen LogP contribution is -2.48. The molecule has 1 aromatic carbocycles. The number of rotatable bonds is 5. The van der Waals surface area contributed by atoms with E-state index in [1.165, 1.54) is 0 Å². The Morgan fingerprint density at radius 1 is 1.13 bits per heavy atom. The van der Waals surface area contributed by atoms with Gasteiger partial charge in [-0.15, -0.1) is 0 Å². The van der Waals surface area contributed by atoms with Crippen LogP contribution in [0, 0.1) is 23.4 Å². The number of anilines is 1. The number of pyridine rings is 2. The molecule has 38 heavy (non-hydrogen) atoms. The number of carbonyl (C=O) groups is 1. The molecule has 0 bridgehead atoms. The van der Waals surface area contributed by atoms with Crippen molar-refractivity contribution in [2.24, 2.45) is 5.92 Å². The summed E-state index contributed by atoms with van der Waals surface area (Å²) in [7, 11) is -4.00. The lowest BCUT2D eigenvalue weighted by Gasteiger charge is -2.22. The van der Waals surface area contributed by atoms with Crippen molar-refractivity contribution >= 4 is 33.0 Å². The zero-order chi connectivity index (χ0) is 27.6. The number of carbonyl (C=O) groups excluding carboxylic acids is 1. The summed E-state index contributed by atoms with van der Waals surface area (Å²) in [6.07, 6.45) is -3.81. The molecule has 1 aliphatic carbocycles. The number of nitrogens with one attached hydrogen (secondary N) is 2.